The molecule has 0 spiro atoms. The van der Waals surface area contributed by atoms with Crippen molar-refractivity contribution in [3.63, 3.8) is 0 Å². The lowest BCUT2D eigenvalue weighted by Gasteiger charge is -2.10. The lowest BCUT2D eigenvalue weighted by atomic mass is 9.96. The Labute approximate surface area is 159 Å². The highest BCUT2D eigenvalue weighted by Crippen LogP contribution is 2.34. The number of nitrogens with one attached hydrogen (secondary N) is 1. The number of alkyl halides is 3. The molecular formula is C21H18F3NO3. The summed E-state index contributed by atoms with van der Waals surface area (Å²) in [6.07, 6.45) is -0.241. The number of halogens is 3. The fraction of sp³-hybridized carbons (Fsp3) is 0.286. The SMILES string of the molecule is O=C(COc1ccc2oc3c(c2c1)CCCC3)Nc1ccc(C(F)(F)F)cc1. The fourth-order valence-corrected chi connectivity index (χ4v) is 3.42. The summed E-state index contributed by atoms with van der Waals surface area (Å²) >= 11 is 0. The first-order valence-corrected chi connectivity index (χ1v) is 9.04. The van der Waals surface area contributed by atoms with Crippen LogP contribution in [0.1, 0.15) is 29.7 Å². The Morgan fingerprint density at radius 1 is 1.07 bits per heavy atom. The molecule has 1 N–H and O–H groups in total. The van der Waals surface area contributed by atoms with Crippen molar-refractivity contribution in [2.24, 2.45) is 0 Å². The molecule has 0 atom stereocenters. The summed E-state index contributed by atoms with van der Waals surface area (Å²) in [6.45, 7) is -0.243. The topological polar surface area (TPSA) is 51.5 Å². The van der Waals surface area contributed by atoms with Gasteiger partial charge in [0.2, 0.25) is 0 Å². The van der Waals surface area contributed by atoms with E-state index in [-0.39, 0.29) is 12.3 Å². The number of fused-ring (bicyclic) bond motifs is 3. The molecule has 0 aliphatic heterocycles. The van der Waals surface area contributed by atoms with Crippen LogP contribution in [0.3, 0.4) is 0 Å². The van der Waals surface area contributed by atoms with Crippen LogP contribution in [0.15, 0.2) is 46.9 Å². The van der Waals surface area contributed by atoms with E-state index in [1.807, 2.05) is 12.1 Å². The largest absolute Gasteiger partial charge is 0.484 e. The van der Waals surface area contributed by atoms with Gasteiger partial charge in [-0.05, 0) is 61.7 Å². The van der Waals surface area contributed by atoms with E-state index in [2.05, 4.69) is 5.32 Å². The third kappa shape index (κ3) is 3.83. The van der Waals surface area contributed by atoms with Gasteiger partial charge in [0.1, 0.15) is 17.1 Å². The van der Waals surface area contributed by atoms with Gasteiger partial charge >= 0.3 is 6.18 Å². The Bertz CT molecular complexity index is 1010. The van der Waals surface area contributed by atoms with Gasteiger partial charge in [0.25, 0.3) is 5.91 Å². The van der Waals surface area contributed by atoms with Gasteiger partial charge in [0.05, 0.1) is 5.56 Å². The molecule has 1 heterocycles. The number of amides is 1. The normalized spacial score (nSPS) is 14.0. The first kappa shape index (κ1) is 18.4. The number of hydrogen-bond donors (Lipinski definition) is 1. The average Bonchev–Trinajstić information content (AvgIpc) is 3.04. The van der Waals surface area contributed by atoms with Gasteiger partial charge in [0.15, 0.2) is 6.61 Å². The number of rotatable bonds is 4. The molecule has 0 saturated heterocycles. The van der Waals surface area contributed by atoms with Gasteiger partial charge in [-0.25, -0.2) is 0 Å². The predicted octanol–water partition coefficient (Wildman–Crippen LogP) is 5.35. The van der Waals surface area contributed by atoms with Crippen LogP contribution in [0.25, 0.3) is 11.0 Å². The summed E-state index contributed by atoms with van der Waals surface area (Å²) in [5, 5.41) is 3.53. The van der Waals surface area contributed by atoms with Crippen molar-refractivity contribution in [3.05, 3.63) is 59.4 Å². The molecule has 28 heavy (non-hydrogen) atoms. The molecule has 0 unspecified atom stereocenters. The minimum absolute atomic E-state index is 0.243. The molecule has 4 rings (SSSR count). The van der Waals surface area contributed by atoms with Crippen molar-refractivity contribution < 1.29 is 27.1 Å². The Morgan fingerprint density at radius 3 is 2.57 bits per heavy atom. The van der Waals surface area contributed by atoms with E-state index in [9.17, 15) is 18.0 Å². The van der Waals surface area contributed by atoms with Crippen molar-refractivity contribution in [2.75, 3.05) is 11.9 Å². The Balaban J connectivity index is 1.39. The number of benzene rings is 2. The van der Waals surface area contributed by atoms with E-state index >= 15 is 0 Å². The maximum absolute atomic E-state index is 12.6. The van der Waals surface area contributed by atoms with Crippen LogP contribution in [0.5, 0.6) is 5.75 Å². The molecule has 0 radical (unpaired) electrons. The van der Waals surface area contributed by atoms with E-state index < -0.39 is 17.6 Å². The second-order valence-corrected chi connectivity index (χ2v) is 6.78. The van der Waals surface area contributed by atoms with Gasteiger partial charge in [-0.2, -0.15) is 13.2 Å². The average molecular weight is 389 g/mol. The van der Waals surface area contributed by atoms with Crippen LogP contribution < -0.4 is 10.1 Å². The van der Waals surface area contributed by atoms with Crippen molar-refractivity contribution in [2.45, 2.75) is 31.9 Å². The quantitative estimate of drug-likeness (QED) is 0.655. The van der Waals surface area contributed by atoms with Gasteiger partial charge < -0.3 is 14.5 Å². The van der Waals surface area contributed by atoms with Gasteiger partial charge in [-0.15, -0.1) is 0 Å². The number of carbonyl (C=O) groups is 1. The molecule has 1 aliphatic rings. The first-order chi connectivity index (χ1) is 13.4. The van der Waals surface area contributed by atoms with Crippen molar-refractivity contribution in [3.8, 4) is 5.75 Å². The van der Waals surface area contributed by atoms with Crippen LogP contribution in [0.2, 0.25) is 0 Å². The Hall–Kier alpha value is -2.96. The lowest BCUT2D eigenvalue weighted by molar-refractivity contribution is -0.137. The minimum Gasteiger partial charge on any atom is -0.484 e. The zero-order valence-corrected chi connectivity index (χ0v) is 14.9. The summed E-state index contributed by atoms with van der Waals surface area (Å²) in [7, 11) is 0. The molecule has 1 amide bonds. The summed E-state index contributed by atoms with van der Waals surface area (Å²) < 4.78 is 49.1. The molecule has 0 saturated carbocycles. The Kier molecular flexibility index (Phi) is 4.75. The van der Waals surface area contributed by atoms with Crippen LogP contribution in [-0.2, 0) is 23.8 Å². The summed E-state index contributed by atoms with van der Waals surface area (Å²) in [5.41, 5.74) is 1.54. The van der Waals surface area contributed by atoms with Crippen LogP contribution in [-0.4, -0.2) is 12.5 Å². The van der Waals surface area contributed by atoms with Crippen LogP contribution in [0.4, 0.5) is 18.9 Å². The number of furan rings is 1. The molecule has 2 aromatic carbocycles. The highest BCUT2D eigenvalue weighted by atomic mass is 19.4. The molecule has 0 fully saturated rings. The number of ether oxygens (including phenoxy) is 1. The van der Waals surface area contributed by atoms with Gasteiger partial charge in [-0.3, -0.25) is 4.79 Å². The number of hydrogen-bond acceptors (Lipinski definition) is 3. The van der Waals surface area contributed by atoms with Crippen LogP contribution in [0, 0.1) is 0 Å². The molecule has 7 heteroatoms. The standard InChI is InChI=1S/C21H18F3NO3/c22-21(23,24)13-5-7-14(8-6-13)25-20(26)12-27-15-9-10-19-17(11-15)16-3-1-2-4-18(16)28-19/h5-11H,1-4,12H2,(H,25,26). The molecule has 1 aromatic heterocycles. The summed E-state index contributed by atoms with van der Waals surface area (Å²) in [4.78, 5) is 12.0. The highest BCUT2D eigenvalue weighted by Gasteiger charge is 2.30. The predicted molar refractivity (Wildman–Crippen MR) is 98.4 cm³/mol. The van der Waals surface area contributed by atoms with E-state index in [0.717, 1.165) is 54.5 Å². The van der Waals surface area contributed by atoms with Gasteiger partial charge in [0, 0.05) is 23.1 Å². The maximum atomic E-state index is 12.6. The highest BCUT2D eigenvalue weighted by molar-refractivity contribution is 5.92. The van der Waals surface area contributed by atoms with Crippen molar-refractivity contribution in [1.82, 2.24) is 0 Å². The van der Waals surface area contributed by atoms with E-state index in [1.54, 1.807) is 6.07 Å². The number of aryl methyl sites for hydroxylation is 2. The first-order valence-electron chi connectivity index (χ1n) is 9.04. The summed E-state index contributed by atoms with van der Waals surface area (Å²) in [5.74, 6) is 1.12. The van der Waals surface area contributed by atoms with Crippen molar-refractivity contribution >= 4 is 22.6 Å². The monoisotopic (exact) mass is 389 g/mol. The maximum Gasteiger partial charge on any atom is 0.416 e. The second-order valence-electron chi connectivity index (χ2n) is 6.78. The van der Waals surface area contributed by atoms with E-state index in [0.29, 0.717) is 5.75 Å². The molecular weight excluding hydrogens is 371 g/mol. The molecule has 4 nitrogen and oxygen atoms in total. The second kappa shape index (κ2) is 7.22. The van der Waals surface area contributed by atoms with E-state index in [4.69, 9.17) is 9.15 Å². The van der Waals surface area contributed by atoms with Crippen LogP contribution >= 0.6 is 0 Å². The molecule has 0 bridgehead atoms. The smallest absolute Gasteiger partial charge is 0.416 e. The third-order valence-electron chi connectivity index (χ3n) is 4.79. The number of anilines is 1. The van der Waals surface area contributed by atoms with Gasteiger partial charge in [-0.1, -0.05) is 0 Å². The molecule has 3 aromatic rings. The lowest BCUT2D eigenvalue weighted by Crippen LogP contribution is -2.20. The summed E-state index contributed by atoms with van der Waals surface area (Å²) in [6, 6.07) is 9.71. The number of carbonyl (C=O) groups excluding carboxylic acids is 1. The third-order valence-corrected chi connectivity index (χ3v) is 4.79. The minimum atomic E-state index is -4.41. The Morgan fingerprint density at radius 2 is 1.82 bits per heavy atom. The zero-order valence-electron chi connectivity index (χ0n) is 14.9. The molecule has 1 aliphatic carbocycles. The zero-order chi connectivity index (χ0) is 19.7. The van der Waals surface area contributed by atoms with Crippen molar-refractivity contribution in [1.29, 1.82) is 0 Å². The van der Waals surface area contributed by atoms with E-state index in [1.165, 1.54) is 17.7 Å². The molecule has 146 valence electrons. The fourth-order valence-electron chi connectivity index (χ4n) is 3.42.